The maximum Gasteiger partial charge on any atom is 0.264 e. The Labute approximate surface area is 292 Å². The number of benzene rings is 4. The number of halogens is 2. The van der Waals surface area contributed by atoms with E-state index >= 15 is 0 Å². The highest BCUT2D eigenvalue weighted by Crippen LogP contribution is 2.30. The highest BCUT2D eigenvalue weighted by atomic mass is 35.5. The maximum atomic E-state index is 14.7. The fraction of sp³-hybridized carbons (Fsp3) is 0.297. The molecule has 1 fully saturated rings. The molecule has 0 heterocycles. The molecule has 0 saturated heterocycles. The second-order valence-corrected chi connectivity index (χ2v) is 14.3. The van der Waals surface area contributed by atoms with Crippen molar-refractivity contribution < 1.29 is 22.7 Å². The Morgan fingerprint density at radius 1 is 0.854 bits per heavy atom. The van der Waals surface area contributed by atoms with Crippen molar-refractivity contribution in [3.8, 4) is 5.75 Å². The molecular weight excluding hydrogens is 669 g/mol. The van der Waals surface area contributed by atoms with Crippen molar-refractivity contribution in [2.75, 3.05) is 17.5 Å². The summed E-state index contributed by atoms with van der Waals surface area (Å²) in [6.45, 7) is 1.58. The molecule has 0 spiro atoms. The molecule has 0 bridgehead atoms. The topological polar surface area (TPSA) is 96.0 Å². The van der Waals surface area contributed by atoms with Gasteiger partial charge >= 0.3 is 0 Å². The van der Waals surface area contributed by atoms with E-state index in [0.29, 0.717) is 33.7 Å². The van der Waals surface area contributed by atoms with Crippen LogP contribution in [0.2, 0.25) is 10.0 Å². The molecule has 4 aromatic rings. The second kappa shape index (κ2) is 16.4. The van der Waals surface area contributed by atoms with Crippen molar-refractivity contribution in [1.29, 1.82) is 0 Å². The van der Waals surface area contributed by atoms with Gasteiger partial charge in [0.2, 0.25) is 11.8 Å². The Morgan fingerprint density at radius 3 is 2.06 bits per heavy atom. The molecule has 1 unspecified atom stereocenters. The highest BCUT2D eigenvalue weighted by Gasteiger charge is 2.36. The van der Waals surface area contributed by atoms with E-state index in [9.17, 15) is 18.0 Å². The van der Waals surface area contributed by atoms with Gasteiger partial charge in [0.25, 0.3) is 10.0 Å². The van der Waals surface area contributed by atoms with Crippen LogP contribution in [0.25, 0.3) is 0 Å². The number of anilines is 1. The molecule has 252 valence electrons. The SMILES string of the molecule is CCOc1ccc(S(=O)(=O)N(CC(=O)N(Cc2c(Cl)cccc2Cl)C(Cc2ccccc2)C(=O)NC2CCCC2)c2ccccc2)cc1. The van der Waals surface area contributed by atoms with Crippen molar-refractivity contribution in [1.82, 2.24) is 10.2 Å². The monoisotopic (exact) mass is 707 g/mol. The molecule has 0 aliphatic heterocycles. The Kier molecular flexibility index (Phi) is 12.0. The Balaban J connectivity index is 1.57. The van der Waals surface area contributed by atoms with Crippen LogP contribution in [0.4, 0.5) is 5.69 Å². The minimum absolute atomic E-state index is 0.00233. The third-order valence-electron chi connectivity index (χ3n) is 8.41. The number of hydrogen-bond donors (Lipinski definition) is 1. The number of nitrogens with zero attached hydrogens (tertiary/aromatic N) is 2. The molecule has 48 heavy (non-hydrogen) atoms. The molecule has 1 atom stereocenters. The van der Waals surface area contributed by atoms with Gasteiger partial charge in [0, 0.05) is 34.6 Å². The van der Waals surface area contributed by atoms with Crippen LogP contribution < -0.4 is 14.4 Å². The number of nitrogens with one attached hydrogen (secondary N) is 1. The molecule has 1 saturated carbocycles. The largest absolute Gasteiger partial charge is 0.494 e. The average Bonchev–Trinajstić information content (AvgIpc) is 3.60. The van der Waals surface area contributed by atoms with Gasteiger partial charge in [0.05, 0.1) is 17.2 Å². The van der Waals surface area contributed by atoms with E-state index in [4.69, 9.17) is 27.9 Å². The van der Waals surface area contributed by atoms with Gasteiger partial charge in [-0.25, -0.2) is 8.42 Å². The van der Waals surface area contributed by atoms with Crippen molar-refractivity contribution in [2.45, 2.75) is 62.6 Å². The lowest BCUT2D eigenvalue weighted by Gasteiger charge is -2.34. The standard InChI is InChI=1S/C37H39Cl2N3O5S/c1-2-47-30-20-22-31(23-21-30)48(45,46)42(29-16-7-4-8-17-29)26-36(43)41(25-32-33(38)18-11-19-34(32)39)35(24-27-12-5-3-6-13-27)37(44)40-28-14-9-10-15-28/h3-8,11-13,16-23,28,35H,2,9-10,14-15,24-26H2,1H3,(H,40,44). The first-order valence-electron chi connectivity index (χ1n) is 16.0. The smallest absolute Gasteiger partial charge is 0.264 e. The number of sulfonamides is 1. The van der Waals surface area contributed by atoms with Gasteiger partial charge in [-0.05, 0) is 73.9 Å². The molecule has 1 aliphatic rings. The average molecular weight is 709 g/mol. The molecule has 2 amide bonds. The van der Waals surface area contributed by atoms with Gasteiger partial charge in [0.15, 0.2) is 0 Å². The normalized spacial score (nSPS) is 13.9. The van der Waals surface area contributed by atoms with E-state index in [1.165, 1.54) is 17.0 Å². The summed E-state index contributed by atoms with van der Waals surface area (Å²) in [5, 5.41) is 3.82. The first-order valence-corrected chi connectivity index (χ1v) is 18.2. The van der Waals surface area contributed by atoms with Gasteiger partial charge in [0.1, 0.15) is 18.3 Å². The van der Waals surface area contributed by atoms with Crippen LogP contribution >= 0.6 is 23.2 Å². The maximum absolute atomic E-state index is 14.7. The molecular formula is C37H39Cl2N3O5S. The molecule has 0 aromatic heterocycles. The number of carbonyl (C=O) groups is 2. The summed E-state index contributed by atoms with van der Waals surface area (Å²) in [4.78, 5) is 30.2. The van der Waals surface area contributed by atoms with Gasteiger partial charge in [-0.3, -0.25) is 13.9 Å². The van der Waals surface area contributed by atoms with Crippen molar-refractivity contribution in [2.24, 2.45) is 0 Å². The first-order chi connectivity index (χ1) is 23.2. The number of carbonyl (C=O) groups excluding carboxylic acids is 2. The van der Waals surface area contributed by atoms with Crippen LogP contribution in [-0.2, 0) is 32.6 Å². The Bertz CT molecular complexity index is 1760. The summed E-state index contributed by atoms with van der Waals surface area (Å²) in [5.41, 5.74) is 1.60. The molecule has 5 rings (SSSR count). The lowest BCUT2D eigenvalue weighted by Crippen LogP contribution is -2.54. The van der Waals surface area contributed by atoms with Crippen LogP contribution in [0.15, 0.2) is 108 Å². The third kappa shape index (κ3) is 8.69. The van der Waals surface area contributed by atoms with Gasteiger partial charge in [-0.2, -0.15) is 0 Å². The zero-order chi connectivity index (χ0) is 34.1. The second-order valence-electron chi connectivity index (χ2n) is 11.7. The predicted octanol–water partition coefficient (Wildman–Crippen LogP) is 7.29. The summed E-state index contributed by atoms with van der Waals surface area (Å²) in [6, 6.07) is 28.0. The zero-order valence-corrected chi connectivity index (χ0v) is 29.1. The van der Waals surface area contributed by atoms with Crippen LogP contribution in [0.1, 0.15) is 43.7 Å². The first kappa shape index (κ1) is 35.3. The van der Waals surface area contributed by atoms with Crippen LogP contribution in [0.5, 0.6) is 5.75 Å². The number of amides is 2. The molecule has 1 N–H and O–H groups in total. The molecule has 0 radical (unpaired) electrons. The van der Waals surface area contributed by atoms with Crippen molar-refractivity contribution in [3.63, 3.8) is 0 Å². The molecule has 11 heteroatoms. The Hall–Kier alpha value is -4.05. The van der Waals surface area contributed by atoms with Crippen LogP contribution in [-0.4, -0.2) is 50.4 Å². The summed E-state index contributed by atoms with van der Waals surface area (Å²) >= 11 is 13.2. The number of rotatable bonds is 14. The van der Waals surface area contributed by atoms with E-state index in [2.05, 4.69) is 5.32 Å². The fourth-order valence-corrected chi connectivity index (χ4v) is 7.83. The summed E-state index contributed by atoms with van der Waals surface area (Å²) in [5.74, 6) is -0.381. The predicted molar refractivity (Wildman–Crippen MR) is 190 cm³/mol. The summed E-state index contributed by atoms with van der Waals surface area (Å²) < 4.78 is 35.1. The molecule has 8 nitrogen and oxygen atoms in total. The highest BCUT2D eigenvalue weighted by molar-refractivity contribution is 7.92. The van der Waals surface area contributed by atoms with Gasteiger partial charge in [-0.15, -0.1) is 0 Å². The van der Waals surface area contributed by atoms with E-state index < -0.39 is 28.5 Å². The minimum atomic E-state index is -4.25. The lowest BCUT2D eigenvalue weighted by molar-refractivity contribution is -0.140. The van der Waals surface area contributed by atoms with E-state index in [0.717, 1.165) is 35.6 Å². The van der Waals surface area contributed by atoms with E-state index in [1.54, 1.807) is 60.7 Å². The van der Waals surface area contributed by atoms with Crippen LogP contribution in [0, 0.1) is 0 Å². The van der Waals surface area contributed by atoms with Gasteiger partial charge < -0.3 is 15.0 Å². The Morgan fingerprint density at radius 2 is 1.46 bits per heavy atom. The number of hydrogen-bond acceptors (Lipinski definition) is 5. The van der Waals surface area contributed by atoms with Crippen LogP contribution in [0.3, 0.4) is 0 Å². The number of ether oxygens (including phenoxy) is 1. The van der Waals surface area contributed by atoms with Gasteiger partial charge in [-0.1, -0.05) is 90.6 Å². The van der Waals surface area contributed by atoms with Crippen molar-refractivity contribution >= 4 is 50.7 Å². The minimum Gasteiger partial charge on any atom is -0.494 e. The van der Waals surface area contributed by atoms with E-state index in [-0.39, 0.29) is 29.8 Å². The van der Waals surface area contributed by atoms with E-state index in [1.807, 2.05) is 37.3 Å². The summed E-state index contributed by atoms with van der Waals surface area (Å²) in [7, 11) is -4.25. The summed E-state index contributed by atoms with van der Waals surface area (Å²) in [6.07, 6.45) is 3.94. The lowest BCUT2D eigenvalue weighted by atomic mass is 10.0. The molecule has 4 aromatic carbocycles. The van der Waals surface area contributed by atoms with Crippen molar-refractivity contribution in [3.05, 3.63) is 124 Å². The zero-order valence-electron chi connectivity index (χ0n) is 26.7. The quantitative estimate of drug-likeness (QED) is 0.149. The molecule has 1 aliphatic carbocycles. The third-order valence-corrected chi connectivity index (χ3v) is 10.9. The fourth-order valence-electron chi connectivity index (χ4n) is 5.90. The number of para-hydroxylation sites is 1.